The van der Waals surface area contributed by atoms with E-state index in [4.69, 9.17) is 9.52 Å². The maximum Gasteiger partial charge on any atom is 0.371 e. The van der Waals surface area contributed by atoms with Crippen molar-refractivity contribution in [2.75, 3.05) is 6.54 Å². The van der Waals surface area contributed by atoms with Crippen molar-refractivity contribution in [3.8, 4) is 0 Å². The van der Waals surface area contributed by atoms with Crippen LogP contribution in [0.25, 0.3) is 0 Å². The van der Waals surface area contributed by atoms with E-state index in [2.05, 4.69) is 5.32 Å². The molecule has 1 saturated carbocycles. The third kappa shape index (κ3) is 2.68. The smallest absolute Gasteiger partial charge is 0.371 e. The van der Waals surface area contributed by atoms with E-state index in [0.29, 0.717) is 12.3 Å². The number of aliphatic hydroxyl groups is 1. The van der Waals surface area contributed by atoms with E-state index in [1.807, 2.05) is 6.92 Å². The zero-order valence-electron chi connectivity index (χ0n) is 9.77. The average molecular weight is 239 g/mol. The molecule has 94 valence electrons. The minimum absolute atomic E-state index is 0.0593. The van der Waals surface area contributed by atoms with Crippen molar-refractivity contribution in [3.63, 3.8) is 0 Å². The van der Waals surface area contributed by atoms with Gasteiger partial charge in [-0.3, -0.25) is 0 Å². The Bertz CT molecular complexity index is 408. The largest absolute Gasteiger partial charge is 0.475 e. The molecule has 0 aromatic carbocycles. The first-order valence-corrected chi connectivity index (χ1v) is 5.79. The zero-order chi connectivity index (χ0) is 12.5. The summed E-state index contributed by atoms with van der Waals surface area (Å²) in [5.74, 6) is -0.553. The molecule has 1 aromatic rings. The zero-order valence-corrected chi connectivity index (χ0v) is 9.77. The van der Waals surface area contributed by atoms with Gasteiger partial charge in [0.15, 0.2) is 0 Å². The minimum Gasteiger partial charge on any atom is -0.475 e. The van der Waals surface area contributed by atoms with Gasteiger partial charge in [-0.2, -0.15) is 0 Å². The summed E-state index contributed by atoms with van der Waals surface area (Å²) in [5, 5.41) is 21.8. The number of hydrogen-bond donors (Lipinski definition) is 3. The summed E-state index contributed by atoms with van der Waals surface area (Å²) >= 11 is 0. The second-order valence-corrected chi connectivity index (χ2v) is 4.69. The number of aromatic carboxylic acids is 1. The molecule has 0 saturated heterocycles. The highest BCUT2D eigenvalue weighted by Gasteiger charge is 2.34. The molecule has 1 aliphatic carbocycles. The lowest BCUT2D eigenvalue weighted by molar-refractivity contribution is -0.0333. The van der Waals surface area contributed by atoms with E-state index in [1.165, 1.54) is 6.07 Å². The van der Waals surface area contributed by atoms with Crippen molar-refractivity contribution in [2.45, 2.75) is 37.8 Å². The van der Waals surface area contributed by atoms with Gasteiger partial charge < -0.3 is 19.9 Å². The predicted octanol–water partition coefficient (Wildman–Crippen LogP) is 1.54. The van der Waals surface area contributed by atoms with Crippen molar-refractivity contribution >= 4 is 5.97 Å². The topological polar surface area (TPSA) is 82.7 Å². The Morgan fingerprint density at radius 1 is 1.59 bits per heavy atom. The standard InChI is InChI=1S/C12H17NO4/c1-8(13-7-12(16)5-2-6-12)9-3-4-10(17-9)11(14)15/h3-4,8,13,16H,2,5-7H2,1H3,(H,14,15). The van der Waals surface area contributed by atoms with Gasteiger partial charge in [0.2, 0.25) is 5.76 Å². The number of hydrogen-bond acceptors (Lipinski definition) is 4. The van der Waals surface area contributed by atoms with Gasteiger partial charge in [0.25, 0.3) is 0 Å². The lowest BCUT2D eigenvalue weighted by Gasteiger charge is -2.37. The van der Waals surface area contributed by atoms with Gasteiger partial charge in [0.1, 0.15) is 5.76 Å². The fourth-order valence-corrected chi connectivity index (χ4v) is 1.91. The average Bonchev–Trinajstić information content (AvgIpc) is 2.72. The second-order valence-electron chi connectivity index (χ2n) is 4.69. The van der Waals surface area contributed by atoms with E-state index >= 15 is 0 Å². The maximum atomic E-state index is 10.7. The summed E-state index contributed by atoms with van der Waals surface area (Å²) in [6, 6.07) is 2.98. The predicted molar refractivity (Wildman–Crippen MR) is 60.9 cm³/mol. The van der Waals surface area contributed by atoms with Crippen molar-refractivity contribution in [1.82, 2.24) is 5.32 Å². The molecule has 1 heterocycles. The van der Waals surface area contributed by atoms with Crippen LogP contribution >= 0.6 is 0 Å². The molecule has 0 amide bonds. The molecule has 1 unspecified atom stereocenters. The highest BCUT2D eigenvalue weighted by molar-refractivity contribution is 5.84. The molecule has 2 rings (SSSR count). The van der Waals surface area contributed by atoms with Crippen LogP contribution in [0.1, 0.15) is 48.5 Å². The SMILES string of the molecule is CC(NCC1(O)CCC1)c1ccc(C(=O)O)o1. The van der Waals surface area contributed by atoms with Crippen LogP contribution in [0.5, 0.6) is 0 Å². The number of carboxylic acid groups (broad SMARTS) is 1. The molecule has 0 aliphatic heterocycles. The molecule has 1 aliphatic rings. The summed E-state index contributed by atoms with van der Waals surface area (Å²) in [6.45, 7) is 2.39. The maximum absolute atomic E-state index is 10.7. The Balaban J connectivity index is 1.90. The number of rotatable bonds is 5. The van der Waals surface area contributed by atoms with Crippen molar-refractivity contribution in [3.05, 3.63) is 23.7 Å². The van der Waals surface area contributed by atoms with Crippen LogP contribution < -0.4 is 5.32 Å². The Kier molecular flexibility index (Phi) is 3.22. The molecule has 1 aromatic heterocycles. The third-order valence-corrected chi connectivity index (χ3v) is 3.29. The molecule has 5 heteroatoms. The molecular formula is C12H17NO4. The molecule has 5 nitrogen and oxygen atoms in total. The van der Waals surface area contributed by atoms with Crippen LogP contribution in [0.4, 0.5) is 0 Å². The quantitative estimate of drug-likeness (QED) is 0.726. The molecule has 1 fully saturated rings. The first kappa shape index (κ1) is 12.1. The highest BCUT2D eigenvalue weighted by Crippen LogP contribution is 2.31. The molecule has 17 heavy (non-hydrogen) atoms. The van der Waals surface area contributed by atoms with E-state index in [9.17, 15) is 9.90 Å². The summed E-state index contributed by atoms with van der Waals surface area (Å²) in [6.07, 6.45) is 2.72. The number of furan rings is 1. The van der Waals surface area contributed by atoms with Gasteiger partial charge in [-0.25, -0.2) is 4.79 Å². The van der Waals surface area contributed by atoms with Crippen molar-refractivity contribution < 1.29 is 19.4 Å². The Labute approximate surface area is 99.4 Å². The van der Waals surface area contributed by atoms with E-state index < -0.39 is 11.6 Å². The highest BCUT2D eigenvalue weighted by atomic mass is 16.4. The Hall–Kier alpha value is -1.33. The van der Waals surface area contributed by atoms with Crippen LogP contribution in [0.2, 0.25) is 0 Å². The van der Waals surface area contributed by atoms with Crippen LogP contribution in [-0.2, 0) is 0 Å². The van der Waals surface area contributed by atoms with Gasteiger partial charge in [-0.05, 0) is 38.3 Å². The molecule has 0 spiro atoms. The fraction of sp³-hybridized carbons (Fsp3) is 0.583. The first-order valence-electron chi connectivity index (χ1n) is 5.79. The van der Waals surface area contributed by atoms with Gasteiger partial charge >= 0.3 is 5.97 Å². The summed E-state index contributed by atoms with van der Waals surface area (Å²) < 4.78 is 5.18. The van der Waals surface area contributed by atoms with Gasteiger partial charge in [0.05, 0.1) is 11.6 Å². The van der Waals surface area contributed by atoms with Crippen LogP contribution in [0.3, 0.4) is 0 Å². The minimum atomic E-state index is -1.07. The van der Waals surface area contributed by atoms with Crippen LogP contribution in [0, 0.1) is 0 Å². The molecule has 3 N–H and O–H groups in total. The molecule has 0 bridgehead atoms. The number of nitrogens with one attached hydrogen (secondary N) is 1. The summed E-state index contributed by atoms with van der Waals surface area (Å²) in [4.78, 5) is 10.7. The fourth-order valence-electron chi connectivity index (χ4n) is 1.91. The number of carboxylic acids is 1. The van der Waals surface area contributed by atoms with Gasteiger partial charge in [0, 0.05) is 6.54 Å². The second kappa shape index (κ2) is 4.50. The first-order chi connectivity index (χ1) is 8.00. The monoisotopic (exact) mass is 239 g/mol. The van der Waals surface area contributed by atoms with E-state index in [-0.39, 0.29) is 11.8 Å². The van der Waals surface area contributed by atoms with Crippen LogP contribution in [-0.4, -0.2) is 28.3 Å². The summed E-state index contributed by atoms with van der Waals surface area (Å²) in [7, 11) is 0. The Morgan fingerprint density at radius 3 is 2.76 bits per heavy atom. The van der Waals surface area contributed by atoms with E-state index in [0.717, 1.165) is 19.3 Å². The molecular weight excluding hydrogens is 222 g/mol. The Morgan fingerprint density at radius 2 is 2.29 bits per heavy atom. The third-order valence-electron chi connectivity index (χ3n) is 3.29. The van der Waals surface area contributed by atoms with Gasteiger partial charge in [-0.1, -0.05) is 0 Å². The normalized spacial score (nSPS) is 19.6. The lowest BCUT2D eigenvalue weighted by Crippen LogP contribution is -2.46. The van der Waals surface area contributed by atoms with Crippen molar-refractivity contribution in [1.29, 1.82) is 0 Å². The van der Waals surface area contributed by atoms with Crippen LogP contribution in [0.15, 0.2) is 16.5 Å². The molecule has 1 atom stereocenters. The summed E-state index contributed by atoms with van der Waals surface area (Å²) in [5.41, 5.74) is -0.587. The van der Waals surface area contributed by atoms with Crippen molar-refractivity contribution in [2.24, 2.45) is 0 Å². The number of carbonyl (C=O) groups is 1. The molecule has 0 radical (unpaired) electrons. The van der Waals surface area contributed by atoms with E-state index in [1.54, 1.807) is 6.07 Å². The lowest BCUT2D eigenvalue weighted by atomic mass is 9.80. The van der Waals surface area contributed by atoms with Gasteiger partial charge in [-0.15, -0.1) is 0 Å².